The summed E-state index contributed by atoms with van der Waals surface area (Å²) in [6, 6.07) is 18.1. The number of ether oxygens (including phenoxy) is 3. The average molecular weight is 1220 g/mol. The van der Waals surface area contributed by atoms with Crippen molar-refractivity contribution in [2.45, 2.75) is 127 Å². The van der Waals surface area contributed by atoms with Gasteiger partial charge in [0.2, 0.25) is 11.8 Å². The number of nitrogens with zero attached hydrogens (tertiary/aromatic N) is 3. The maximum absolute atomic E-state index is 14.4. The van der Waals surface area contributed by atoms with Gasteiger partial charge >= 0.3 is 0 Å². The van der Waals surface area contributed by atoms with Crippen molar-refractivity contribution in [3.8, 4) is 17.2 Å². The van der Waals surface area contributed by atoms with Crippen molar-refractivity contribution < 1.29 is 73.7 Å². The topological polar surface area (TPSA) is 290 Å². The van der Waals surface area contributed by atoms with Crippen LogP contribution >= 0.6 is 0 Å². The second-order valence-electron chi connectivity index (χ2n) is 23.0. The molecule has 4 N–H and O–H groups in total. The van der Waals surface area contributed by atoms with E-state index in [1.807, 2.05) is 31.2 Å². The molecule has 9 rings (SSSR count). The van der Waals surface area contributed by atoms with Crippen LogP contribution in [-0.2, 0) is 57.1 Å². The highest BCUT2D eigenvalue weighted by atomic mass is 32.2. The Hall–Kier alpha value is -7.99. The van der Waals surface area contributed by atoms with Crippen molar-refractivity contribution in [3.05, 3.63) is 142 Å². The number of hydrogen-bond donors (Lipinski definition) is 4. The SMILES string of the molecule is COc1cc2c(cc1OCCCOc1cc3c(cc1C)C(=O)N1C=C(c4ccc(NC(=O)C(C)CC(=O)C(NC(=O)CCCCCN5C(=O)C=CC5=O)C(C)C)cc4)CC1C(S(=O)(=O)O)C3)CC(S(=O)(=O)O)C1CC(c3ccc(C)cc3)=CN1C2=O. The number of nitrogens with one attached hydrogen (secondary N) is 2. The normalized spacial score (nSPS) is 19.8. The first-order chi connectivity index (χ1) is 40.8. The highest BCUT2D eigenvalue weighted by Crippen LogP contribution is 2.43. The van der Waals surface area contributed by atoms with Gasteiger partial charge in [0.1, 0.15) is 16.2 Å². The summed E-state index contributed by atoms with van der Waals surface area (Å²) in [4.78, 5) is 95.5. The maximum Gasteiger partial charge on any atom is 0.270 e. The number of rotatable bonds is 24. The molecule has 23 heteroatoms. The van der Waals surface area contributed by atoms with E-state index in [0.717, 1.165) is 21.6 Å². The molecule has 0 aromatic heterocycles. The van der Waals surface area contributed by atoms with E-state index in [-0.39, 0.29) is 110 Å². The monoisotopic (exact) mass is 1220 g/mol. The Morgan fingerprint density at radius 1 is 0.651 bits per heavy atom. The molecule has 21 nitrogen and oxygen atoms in total. The van der Waals surface area contributed by atoms with Crippen LogP contribution in [0, 0.1) is 25.7 Å². The standard InChI is InChI=1S/C63H71N5O16S2/c1-36(2)60(65-57(70)11-8-7-9-22-66-58(71)20-21-59(66)72)51(69)26-39(5)61(73)64-46-18-16-41(17-19-46)45-28-49-55(85(76,77)78)31-42-29-52(38(4)25-47(42)62(74)67(49)35-45)83-23-10-24-84-54-30-43-32-56(86(79,80)81)50-27-44(40-14-12-37(3)13-15-40)34-68(50)63(75)48(43)33-53(54)82-6/h12-21,25,29-30,33-36,39,49-50,55-56,60H,7-11,22-24,26-28,31-32H2,1-6H3,(H,64,73)(H,65,70)(H,76,77,78)(H,79,80,81). The summed E-state index contributed by atoms with van der Waals surface area (Å²) < 4.78 is 91.3. The van der Waals surface area contributed by atoms with Crippen molar-refractivity contribution in [2.24, 2.45) is 11.8 Å². The first-order valence-corrected chi connectivity index (χ1v) is 31.7. The fraction of sp³-hybridized carbons (Fsp3) is 0.413. The molecule has 0 spiro atoms. The average Bonchev–Trinajstić information content (AvgIpc) is 1.90. The molecule has 0 aliphatic carbocycles. The van der Waals surface area contributed by atoms with Crippen molar-refractivity contribution in [1.29, 1.82) is 0 Å². The highest BCUT2D eigenvalue weighted by Gasteiger charge is 2.47. The Morgan fingerprint density at radius 2 is 1.17 bits per heavy atom. The summed E-state index contributed by atoms with van der Waals surface area (Å²) in [7, 11) is -7.95. The molecular weight excluding hydrogens is 1150 g/mol. The van der Waals surface area contributed by atoms with Crippen LogP contribution in [0.3, 0.4) is 0 Å². The minimum atomic E-state index is -4.73. The van der Waals surface area contributed by atoms with Gasteiger partial charge in [-0.2, -0.15) is 16.8 Å². The van der Waals surface area contributed by atoms with Crippen LogP contribution in [0.1, 0.15) is 126 Å². The molecule has 0 saturated carbocycles. The number of ketones is 1. The molecule has 6 atom stereocenters. The molecule has 4 aromatic rings. The van der Waals surface area contributed by atoms with Crippen LogP contribution in [0.15, 0.2) is 97.3 Å². The quantitative estimate of drug-likeness (QED) is 0.0301. The number of imide groups is 1. The third-order valence-electron chi connectivity index (χ3n) is 16.6. The Balaban J connectivity index is 0.790. The van der Waals surface area contributed by atoms with E-state index in [0.29, 0.717) is 64.9 Å². The van der Waals surface area contributed by atoms with Gasteiger partial charge in [-0.05, 0) is 134 Å². The molecule has 0 bridgehead atoms. The van der Waals surface area contributed by atoms with Crippen LogP contribution < -0.4 is 24.8 Å². The van der Waals surface area contributed by atoms with Crippen molar-refractivity contribution >= 4 is 78.3 Å². The summed E-state index contributed by atoms with van der Waals surface area (Å²) in [5.74, 6) is -2.81. The van der Waals surface area contributed by atoms with Crippen LogP contribution in [-0.4, -0.2) is 137 Å². The minimum absolute atomic E-state index is 0.0860. The number of amides is 6. The van der Waals surface area contributed by atoms with Crippen LogP contribution in [0.5, 0.6) is 17.2 Å². The number of fused-ring (bicyclic) bond motifs is 4. The predicted molar refractivity (Wildman–Crippen MR) is 319 cm³/mol. The first-order valence-electron chi connectivity index (χ1n) is 28.7. The second-order valence-corrected chi connectivity index (χ2v) is 26.3. The molecule has 0 fully saturated rings. The minimum Gasteiger partial charge on any atom is -0.493 e. The molecule has 0 radical (unpaired) electrons. The molecule has 6 amide bonds. The van der Waals surface area contributed by atoms with Gasteiger partial charge in [0, 0.05) is 73.1 Å². The van der Waals surface area contributed by atoms with Gasteiger partial charge in [-0.3, -0.25) is 47.6 Å². The number of hydrogen-bond acceptors (Lipinski definition) is 14. The van der Waals surface area contributed by atoms with Gasteiger partial charge in [-0.25, -0.2) is 0 Å². The fourth-order valence-corrected chi connectivity index (χ4v) is 13.8. The van der Waals surface area contributed by atoms with Gasteiger partial charge < -0.3 is 34.6 Å². The van der Waals surface area contributed by atoms with Gasteiger partial charge in [0.05, 0.1) is 38.4 Å². The van der Waals surface area contributed by atoms with Crippen molar-refractivity contribution in [3.63, 3.8) is 0 Å². The largest absolute Gasteiger partial charge is 0.493 e. The number of benzene rings is 4. The lowest BCUT2D eigenvalue weighted by Crippen LogP contribution is -2.45. The van der Waals surface area contributed by atoms with E-state index in [9.17, 15) is 59.5 Å². The highest BCUT2D eigenvalue weighted by molar-refractivity contribution is 7.86. The smallest absolute Gasteiger partial charge is 0.270 e. The molecule has 86 heavy (non-hydrogen) atoms. The summed E-state index contributed by atoms with van der Waals surface area (Å²) in [5, 5.41) is 2.91. The number of methoxy groups -OCH3 is 1. The maximum atomic E-state index is 14.4. The lowest BCUT2D eigenvalue weighted by molar-refractivity contribution is -0.137. The molecule has 6 unspecified atom stereocenters. The summed E-state index contributed by atoms with van der Waals surface area (Å²) in [6.45, 7) is 9.38. The van der Waals surface area contributed by atoms with Crippen LogP contribution in [0.25, 0.3) is 11.1 Å². The van der Waals surface area contributed by atoms with Crippen LogP contribution in [0.2, 0.25) is 0 Å². The summed E-state index contributed by atoms with van der Waals surface area (Å²) >= 11 is 0. The van der Waals surface area contributed by atoms with Gasteiger partial charge in [-0.1, -0.05) is 69.2 Å². The van der Waals surface area contributed by atoms with E-state index < -0.39 is 72.5 Å². The Bertz CT molecular complexity index is 3670. The Kier molecular flexibility index (Phi) is 18.9. The van der Waals surface area contributed by atoms with Gasteiger partial charge in [0.25, 0.3) is 43.9 Å². The van der Waals surface area contributed by atoms with Gasteiger partial charge in [0.15, 0.2) is 17.3 Å². The van der Waals surface area contributed by atoms with Crippen molar-refractivity contribution in [2.75, 3.05) is 32.2 Å². The molecule has 0 saturated heterocycles. The predicted octanol–water partition coefficient (Wildman–Crippen LogP) is 7.46. The number of anilines is 1. The molecule has 5 aliphatic rings. The zero-order valence-corrected chi connectivity index (χ0v) is 50.4. The lowest BCUT2D eigenvalue weighted by atomic mass is 9.92. The zero-order chi connectivity index (χ0) is 61.9. The Morgan fingerprint density at radius 3 is 1.71 bits per heavy atom. The van der Waals surface area contributed by atoms with E-state index in [1.165, 1.54) is 35.1 Å². The number of carbonyl (C=O) groups excluding carboxylic acids is 7. The van der Waals surface area contributed by atoms with E-state index in [4.69, 9.17) is 14.2 Å². The number of aryl methyl sites for hydroxylation is 2. The van der Waals surface area contributed by atoms with Crippen molar-refractivity contribution in [1.82, 2.24) is 20.0 Å². The molecule has 4 aromatic carbocycles. The summed E-state index contributed by atoms with van der Waals surface area (Å²) in [6.07, 6.45) is 7.59. The van der Waals surface area contributed by atoms with E-state index >= 15 is 0 Å². The van der Waals surface area contributed by atoms with Crippen LogP contribution in [0.4, 0.5) is 5.69 Å². The zero-order valence-electron chi connectivity index (χ0n) is 48.7. The second kappa shape index (κ2) is 25.9. The molecule has 456 valence electrons. The third-order valence-corrected chi connectivity index (χ3v) is 19.1. The lowest BCUT2D eigenvalue weighted by Gasteiger charge is -2.26. The fourth-order valence-electron chi connectivity index (χ4n) is 11.8. The van der Waals surface area contributed by atoms with E-state index in [2.05, 4.69) is 10.6 Å². The molecule has 5 heterocycles. The first kappa shape index (κ1) is 62.5. The number of unbranched alkanes of at least 4 members (excludes halogenated alkanes) is 2. The number of carbonyl (C=O) groups is 7. The van der Waals surface area contributed by atoms with E-state index in [1.54, 1.807) is 82.6 Å². The summed E-state index contributed by atoms with van der Waals surface area (Å²) in [5.41, 5.74) is 6.11. The van der Waals surface area contributed by atoms with Gasteiger partial charge in [-0.15, -0.1) is 0 Å². The number of Topliss-reactive ketones (excluding diaryl/α,β-unsaturated/α-hetero) is 1. The molecular formula is C63H71N5O16S2. The molecule has 5 aliphatic heterocycles. The third kappa shape index (κ3) is 14.0. The Labute approximate surface area is 500 Å².